The number of rotatable bonds is 4. The van der Waals surface area contributed by atoms with E-state index in [9.17, 15) is 0 Å². The van der Waals surface area contributed by atoms with Gasteiger partial charge in [-0.25, -0.2) is 0 Å². The molecule has 1 aliphatic rings. The number of hydrogen-bond acceptors (Lipinski definition) is 2. The molecule has 3 atom stereocenters. The van der Waals surface area contributed by atoms with Crippen molar-refractivity contribution in [3.63, 3.8) is 0 Å². The van der Waals surface area contributed by atoms with Crippen molar-refractivity contribution >= 4 is 9.24 Å². The first-order chi connectivity index (χ1) is 7.23. The van der Waals surface area contributed by atoms with E-state index in [1.165, 1.54) is 25.7 Å². The van der Waals surface area contributed by atoms with Gasteiger partial charge in [-0.2, -0.15) is 10.5 Å². The van der Waals surface area contributed by atoms with Crippen LogP contribution in [-0.4, -0.2) is 5.16 Å². The van der Waals surface area contributed by atoms with Crippen LogP contribution in [0.15, 0.2) is 0 Å². The Morgan fingerprint density at radius 3 is 2.60 bits per heavy atom. The highest BCUT2D eigenvalue weighted by Gasteiger charge is 2.35. The van der Waals surface area contributed by atoms with Crippen LogP contribution in [0.4, 0.5) is 0 Å². The molecule has 2 nitrogen and oxygen atoms in total. The van der Waals surface area contributed by atoms with Crippen molar-refractivity contribution in [2.75, 3.05) is 0 Å². The van der Waals surface area contributed by atoms with Crippen molar-refractivity contribution in [2.45, 2.75) is 56.5 Å². The van der Waals surface area contributed by atoms with Gasteiger partial charge in [0.25, 0.3) is 0 Å². The highest BCUT2D eigenvalue weighted by atomic mass is 31.0. The maximum absolute atomic E-state index is 8.66. The second-order valence-electron chi connectivity index (χ2n) is 4.53. The third kappa shape index (κ3) is 3.48. The molecule has 82 valence electrons. The van der Waals surface area contributed by atoms with Gasteiger partial charge < -0.3 is 0 Å². The predicted octanol–water partition coefficient (Wildman–Crippen LogP) is 3.40. The number of nitrogens with zero attached hydrogens (tertiary/aromatic N) is 2. The standard InChI is InChI=1S/C12H19N2P/c13-9-3-6-11-5-1-2-7-12(11,15)8-4-10-14/h11H,1-8,15H2. The van der Waals surface area contributed by atoms with E-state index < -0.39 is 0 Å². The van der Waals surface area contributed by atoms with E-state index in [4.69, 9.17) is 10.5 Å². The van der Waals surface area contributed by atoms with Gasteiger partial charge in [0.15, 0.2) is 0 Å². The highest BCUT2D eigenvalue weighted by molar-refractivity contribution is 7.19. The highest BCUT2D eigenvalue weighted by Crippen LogP contribution is 2.46. The Hall–Kier alpha value is -0.590. The molecule has 3 unspecified atom stereocenters. The summed E-state index contributed by atoms with van der Waals surface area (Å²) in [6, 6.07) is 4.47. The molecule has 0 aromatic carbocycles. The summed E-state index contributed by atoms with van der Waals surface area (Å²) in [4.78, 5) is 0. The van der Waals surface area contributed by atoms with Crippen LogP contribution in [0, 0.1) is 28.6 Å². The van der Waals surface area contributed by atoms with E-state index >= 15 is 0 Å². The Morgan fingerprint density at radius 1 is 1.20 bits per heavy atom. The summed E-state index contributed by atoms with van der Waals surface area (Å²) in [5, 5.41) is 17.5. The predicted molar refractivity (Wildman–Crippen MR) is 64.1 cm³/mol. The Labute approximate surface area is 94.9 Å². The molecular weight excluding hydrogens is 203 g/mol. The maximum atomic E-state index is 8.66. The van der Waals surface area contributed by atoms with Crippen LogP contribution in [0.25, 0.3) is 0 Å². The summed E-state index contributed by atoms with van der Waals surface area (Å²) in [6.07, 6.45) is 8.29. The van der Waals surface area contributed by atoms with E-state index in [1.54, 1.807) is 0 Å². The Kier molecular flexibility index (Phi) is 5.07. The summed E-state index contributed by atoms with van der Waals surface area (Å²) in [5.74, 6) is 0.629. The summed E-state index contributed by atoms with van der Waals surface area (Å²) in [5.41, 5.74) is 0. The SMILES string of the molecule is N#CCCC1CCCCC1(P)CCC#N. The molecule has 0 bridgehead atoms. The molecule has 1 fully saturated rings. The lowest BCUT2D eigenvalue weighted by atomic mass is 9.74. The zero-order chi connectivity index (χ0) is 11.1. The van der Waals surface area contributed by atoms with E-state index in [1.807, 2.05) is 0 Å². The van der Waals surface area contributed by atoms with Crippen LogP contribution in [0.5, 0.6) is 0 Å². The average Bonchev–Trinajstić information content (AvgIpc) is 2.25. The van der Waals surface area contributed by atoms with Gasteiger partial charge in [-0.3, -0.25) is 0 Å². The lowest BCUT2D eigenvalue weighted by molar-refractivity contribution is 0.248. The summed E-state index contributed by atoms with van der Waals surface area (Å²) in [6.45, 7) is 0. The topological polar surface area (TPSA) is 47.6 Å². The van der Waals surface area contributed by atoms with Gasteiger partial charge in [-0.15, -0.1) is 9.24 Å². The zero-order valence-corrected chi connectivity index (χ0v) is 10.4. The van der Waals surface area contributed by atoms with Crippen molar-refractivity contribution in [2.24, 2.45) is 5.92 Å². The average molecular weight is 222 g/mol. The smallest absolute Gasteiger partial charge is 0.0622 e. The van der Waals surface area contributed by atoms with Crippen LogP contribution >= 0.6 is 9.24 Å². The third-order valence-electron chi connectivity index (χ3n) is 3.56. The first-order valence-electron chi connectivity index (χ1n) is 5.76. The molecule has 1 aliphatic carbocycles. The fourth-order valence-corrected chi connectivity index (χ4v) is 3.31. The van der Waals surface area contributed by atoms with Gasteiger partial charge in [0.1, 0.15) is 0 Å². The van der Waals surface area contributed by atoms with Gasteiger partial charge in [0.05, 0.1) is 12.1 Å². The van der Waals surface area contributed by atoms with Crippen molar-refractivity contribution in [1.29, 1.82) is 10.5 Å². The fourth-order valence-electron chi connectivity index (χ4n) is 2.62. The lowest BCUT2D eigenvalue weighted by Gasteiger charge is -2.41. The van der Waals surface area contributed by atoms with E-state index in [0.717, 1.165) is 12.8 Å². The minimum atomic E-state index is 0.241. The molecule has 3 heteroatoms. The Bertz CT molecular complexity index is 276. The molecule has 0 aliphatic heterocycles. The summed E-state index contributed by atoms with van der Waals surface area (Å²) in [7, 11) is 2.99. The van der Waals surface area contributed by atoms with Crippen molar-refractivity contribution in [3.05, 3.63) is 0 Å². The van der Waals surface area contributed by atoms with Gasteiger partial charge in [0.2, 0.25) is 0 Å². The number of hydrogen-bond donors (Lipinski definition) is 0. The maximum Gasteiger partial charge on any atom is 0.0622 e. The molecule has 0 aromatic rings. The Balaban J connectivity index is 2.56. The lowest BCUT2D eigenvalue weighted by Crippen LogP contribution is -2.34. The largest absolute Gasteiger partial charge is 0.198 e. The first kappa shape index (κ1) is 12.5. The fraction of sp³-hybridized carbons (Fsp3) is 0.833. The summed E-state index contributed by atoms with van der Waals surface area (Å²) >= 11 is 0. The summed E-state index contributed by atoms with van der Waals surface area (Å²) < 4.78 is 0. The van der Waals surface area contributed by atoms with Gasteiger partial charge >= 0.3 is 0 Å². The molecule has 1 rings (SSSR count). The minimum absolute atomic E-state index is 0.241. The molecule has 0 radical (unpaired) electrons. The molecule has 1 saturated carbocycles. The van der Waals surface area contributed by atoms with Crippen molar-refractivity contribution in [3.8, 4) is 12.1 Å². The van der Waals surface area contributed by atoms with E-state index in [0.29, 0.717) is 18.8 Å². The molecule has 0 heterocycles. The van der Waals surface area contributed by atoms with Crippen LogP contribution in [-0.2, 0) is 0 Å². The first-order valence-corrected chi connectivity index (χ1v) is 6.33. The molecule has 0 spiro atoms. The van der Waals surface area contributed by atoms with Crippen LogP contribution in [0.1, 0.15) is 51.4 Å². The van der Waals surface area contributed by atoms with Crippen molar-refractivity contribution in [1.82, 2.24) is 0 Å². The molecule has 0 saturated heterocycles. The van der Waals surface area contributed by atoms with Crippen molar-refractivity contribution < 1.29 is 0 Å². The van der Waals surface area contributed by atoms with E-state index in [2.05, 4.69) is 21.4 Å². The zero-order valence-electron chi connectivity index (χ0n) is 9.21. The number of nitriles is 2. The van der Waals surface area contributed by atoms with Gasteiger partial charge in [-0.1, -0.05) is 12.8 Å². The monoisotopic (exact) mass is 222 g/mol. The van der Waals surface area contributed by atoms with E-state index in [-0.39, 0.29) is 5.16 Å². The quantitative estimate of drug-likeness (QED) is 0.684. The molecule has 0 N–H and O–H groups in total. The normalized spacial score (nSPS) is 30.5. The molecule has 15 heavy (non-hydrogen) atoms. The Morgan fingerprint density at radius 2 is 1.93 bits per heavy atom. The van der Waals surface area contributed by atoms with Gasteiger partial charge in [-0.05, 0) is 36.8 Å². The molecule has 0 aromatic heterocycles. The minimum Gasteiger partial charge on any atom is -0.198 e. The van der Waals surface area contributed by atoms with Gasteiger partial charge in [0, 0.05) is 12.8 Å². The molecule has 0 amide bonds. The van der Waals surface area contributed by atoms with Crippen LogP contribution in [0.2, 0.25) is 0 Å². The molecular formula is C12H19N2P. The van der Waals surface area contributed by atoms with Crippen LogP contribution in [0.3, 0.4) is 0 Å². The van der Waals surface area contributed by atoms with Crippen LogP contribution < -0.4 is 0 Å². The second kappa shape index (κ2) is 6.09. The third-order valence-corrected chi connectivity index (χ3v) is 4.61. The second-order valence-corrected chi connectivity index (χ2v) is 5.68.